The van der Waals surface area contributed by atoms with Gasteiger partial charge in [-0.1, -0.05) is 48.5 Å². The molecule has 0 unspecified atom stereocenters. The summed E-state index contributed by atoms with van der Waals surface area (Å²) in [4.78, 5) is 11.8. The van der Waals surface area contributed by atoms with Crippen LogP contribution in [0, 0.1) is 6.92 Å². The molecule has 17 heavy (non-hydrogen) atoms. The Labute approximate surface area is 101 Å². The first-order chi connectivity index (χ1) is 8.27. The maximum Gasteiger partial charge on any atom is 0.200 e. The van der Waals surface area contributed by atoms with Crippen LogP contribution in [0.25, 0.3) is 0 Å². The number of carbonyl (C=O) groups is 1. The summed E-state index contributed by atoms with van der Waals surface area (Å²) in [7, 11) is 0. The number of Topliss-reactive ketones (excluding diaryl/α,β-unsaturated/α-hetero) is 1. The third-order valence-electron chi connectivity index (χ3n) is 2.55. The van der Waals surface area contributed by atoms with Gasteiger partial charge >= 0.3 is 0 Å². The molecule has 0 aromatic heterocycles. The van der Waals surface area contributed by atoms with E-state index in [9.17, 15) is 4.79 Å². The highest BCUT2D eigenvalue weighted by Gasteiger charge is 2.06. The molecule has 0 aliphatic rings. The molecule has 0 saturated carbocycles. The average molecular weight is 226 g/mol. The van der Waals surface area contributed by atoms with Crippen LogP contribution in [0.2, 0.25) is 0 Å². The van der Waals surface area contributed by atoms with Gasteiger partial charge in [0.05, 0.1) is 0 Å². The Morgan fingerprint density at radius 3 is 2.35 bits per heavy atom. The highest BCUT2D eigenvalue weighted by atomic mass is 16.5. The summed E-state index contributed by atoms with van der Waals surface area (Å²) >= 11 is 0. The molecular weight excluding hydrogens is 212 g/mol. The first kappa shape index (κ1) is 11.4. The zero-order valence-corrected chi connectivity index (χ0v) is 9.72. The molecule has 86 valence electrons. The average Bonchev–Trinajstić information content (AvgIpc) is 2.38. The van der Waals surface area contributed by atoms with Gasteiger partial charge in [-0.25, -0.2) is 0 Å². The van der Waals surface area contributed by atoms with Gasteiger partial charge in [0.1, 0.15) is 5.75 Å². The van der Waals surface area contributed by atoms with Crippen LogP contribution in [0.1, 0.15) is 15.9 Å². The highest BCUT2D eigenvalue weighted by molar-refractivity contribution is 5.97. The van der Waals surface area contributed by atoms with Gasteiger partial charge in [-0.2, -0.15) is 0 Å². The van der Waals surface area contributed by atoms with Gasteiger partial charge in [0.2, 0.25) is 0 Å². The highest BCUT2D eigenvalue weighted by Crippen LogP contribution is 2.16. The Morgan fingerprint density at radius 2 is 1.65 bits per heavy atom. The fourth-order valence-electron chi connectivity index (χ4n) is 1.57. The van der Waals surface area contributed by atoms with Crippen molar-refractivity contribution in [3.63, 3.8) is 0 Å². The Bertz CT molecular complexity index is 503. The largest absolute Gasteiger partial charge is 0.485 e. The SMILES string of the molecule is Cc1ccccc1OCC(=O)c1ccccc1. The van der Waals surface area contributed by atoms with E-state index in [-0.39, 0.29) is 12.4 Å². The molecule has 0 radical (unpaired) electrons. The molecule has 0 N–H and O–H groups in total. The molecular formula is C15H14O2. The van der Waals surface area contributed by atoms with Crippen LogP contribution in [0.3, 0.4) is 0 Å². The van der Waals surface area contributed by atoms with Crippen molar-refractivity contribution in [3.05, 3.63) is 65.7 Å². The molecule has 2 nitrogen and oxygen atoms in total. The second-order valence-corrected chi connectivity index (χ2v) is 3.84. The van der Waals surface area contributed by atoms with Crippen molar-refractivity contribution in [2.75, 3.05) is 6.61 Å². The van der Waals surface area contributed by atoms with Gasteiger partial charge in [0, 0.05) is 5.56 Å². The zero-order valence-electron chi connectivity index (χ0n) is 9.72. The molecule has 0 bridgehead atoms. The molecule has 0 heterocycles. The van der Waals surface area contributed by atoms with E-state index in [1.54, 1.807) is 12.1 Å². The quantitative estimate of drug-likeness (QED) is 0.748. The molecule has 2 aromatic carbocycles. The van der Waals surface area contributed by atoms with Crippen LogP contribution in [0.15, 0.2) is 54.6 Å². The first-order valence-electron chi connectivity index (χ1n) is 5.54. The third-order valence-corrected chi connectivity index (χ3v) is 2.55. The minimum Gasteiger partial charge on any atom is -0.485 e. The lowest BCUT2D eigenvalue weighted by molar-refractivity contribution is 0.0921. The first-order valence-corrected chi connectivity index (χ1v) is 5.54. The van der Waals surface area contributed by atoms with E-state index in [4.69, 9.17) is 4.74 Å². The Morgan fingerprint density at radius 1 is 1.00 bits per heavy atom. The Kier molecular flexibility index (Phi) is 3.55. The monoisotopic (exact) mass is 226 g/mol. The van der Waals surface area contributed by atoms with E-state index in [2.05, 4.69) is 0 Å². The summed E-state index contributed by atoms with van der Waals surface area (Å²) < 4.78 is 5.50. The summed E-state index contributed by atoms with van der Waals surface area (Å²) in [5.41, 5.74) is 1.72. The summed E-state index contributed by atoms with van der Waals surface area (Å²) in [5.74, 6) is 0.755. The van der Waals surface area contributed by atoms with Crippen molar-refractivity contribution in [1.29, 1.82) is 0 Å². The van der Waals surface area contributed by atoms with E-state index in [1.165, 1.54) is 0 Å². The van der Waals surface area contributed by atoms with E-state index >= 15 is 0 Å². The van der Waals surface area contributed by atoms with Crippen LogP contribution < -0.4 is 4.74 Å². The molecule has 0 amide bonds. The molecule has 0 aliphatic heterocycles. The van der Waals surface area contributed by atoms with Gasteiger partial charge in [-0.05, 0) is 18.6 Å². The van der Waals surface area contributed by atoms with Crippen molar-refractivity contribution in [2.45, 2.75) is 6.92 Å². The summed E-state index contributed by atoms with van der Waals surface area (Å²) in [6.07, 6.45) is 0. The number of aryl methyl sites for hydroxylation is 1. The van der Waals surface area contributed by atoms with Crippen LogP contribution in [-0.4, -0.2) is 12.4 Å². The Balaban J connectivity index is 2.00. The van der Waals surface area contributed by atoms with E-state index < -0.39 is 0 Å². The number of hydrogen-bond acceptors (Lipinski definition) is 2. The molecule has 0 atom stereocenters. The number of hydrogen-bond donors (Lipinski definition) is 0. The lowest BCUT2D eigenvalue weighted by Crippen LogP contribution is -2.11. The fourth-order valence-corrected chi connectivity index (χ4v) is 1.57. The van der Waals surface area contributed by atoms with Gasteiger partial charge in [0.15, 0.2) is 12.4 Å². The predicted molar refractivity (Wildman–Crippen MR) is 67.4 cm³/mol. The second-order valence-electron chi connectivity index (χ2n) is 3.84. The molecule has 2 heteroatoms. The molecule has 0 aliphatic carbocycles. The summed E-state index contributed by atoms with van der Waals surface area (Å²) in [6, 6.07) is 16.8. The zero-order chi connectivity index (χ0) is 12.1. The van der Waals surface area contributed by atoms with E-state index in [1.807, 2.05) is 49.4 Å². The topological polar surface area (TPSA) is 26.3 Å². The maximum atomic E-state index is 11.8. The number of rotatable bonds is 4. The number of para-hydroxylation sites is 1. The molecule has 2 aromatic rings. The predicted octanol–water partition coefficient (Wildman–Crippen LogP) is 3.26. The lowest BCUT2D eigenvalue weighted by atomic mass is 10.1. The van der Waals surface area contributed by atoms with Gasteiger partial charge in [-0.3, -0.25) is 4.79 Å². The van der Waals surface area contributed by atoms with Crippen molar-refractivity contribution >= 4 is 5.78 Å². The summed E-state index contributed by atoms with van der Waals surface area (Å²) in [5, 5.41) is 0. The van der Waals surface area contributed by atoms with Crippen LogP contribution in [0.4, 0.5) is 0 Å². The minimum atomic E-state index is -0.00569. The normalized spacial score (nSPS) is 9.94. The maximum absolute atomic E-state index is 11.8. The van der Waals surface area contributed by atoms with Crippen LogP contribution in [0.5, 0.6) is 5.75 Å². The van der Waals surface area contributed by atoms with Gasteiger partial charge < -0.3 is 4.74 Å². The molecule has 0 fully saturated rings. The van der Waals surface area contributed by atoms with Crippen molar-refractivity contribution in [3.8, 4) is 5.75 Å². The fraction of sp³-hybridized carbons (Fsp3) is 0.133. The molecule has 0 saturated heterocycles. The van der Waals surface area contributed by atoms with Crippen molar-refractivity contribution in [2.24, 2.45) is 0 Å². The third kappa shape index (κ3) is 2.94. The van der Waals surface area contributed by atoms with Gasteiger partial charge in [0.25, 0.3) is 0 Å². The number of benzene rings is 2. The standard InChI is InChI=1S/C15H14O2/c1-12-7-5-6-10-15(12)17-11-14(16)13-8-3-2-4-9-13/h2-10H,11H2,1H3. The van der Waals surface area contributed by atoms with E-state index in [0.717, 1.165) is 11.3 Å². The minimum absolute atomic E-state index is 0.00569. The Hall–Kier alpha value is -2.09. The van der Waals surface area contributed by atoms with Crippen molar-refractivity contribution in [1.82, 2.24) is 0 Å². The molecule has 0 spiro atoms. The second kappa shape index (κ2) is 5.30. The van der Waals surface area contributed by atoms with Gasteiger partial charge in [-0.15, -0.1) is 0 Å². The van der Waals surface area contributed by atoms with E-state index in [0.29, 0.717) is 5.56 Å². The lowest BCUT2D eigenvalue weighted by Gasteiger charge is -2.07. The number of ether oxygens (including phenoxy) is 1. The smallest absolute Gasteiger partial charge is 0.200 e. The molecule has 2 rings (SSSR count). The number of carbonyl (C=O) groups excluding carboxylic acids is 1. The summed E-state index contributed by atoms with van der Waals surface area (Å²) in [6.45, 7) is 2.04. The number of ketones is 1. The van der Waals surface area contributed by atoms with Crippen LogP contribution >= 0.6 is 0 Å². The van der Waals surface area contributed by atoms with Crippen molar-refractivity contribution < 1.29 is 9.53 Å². The van der Waals surface area contributed by atoms with Crippen LogP contribution in [-0.2, 0) is 0 Å².